The quantitative estimate of drug-likeness (QED) is 0.709. The van der Waals surface area contributed by atoms with Crippen LogP contribution in [0.1, 0.15) is 45.4 Å². The topological polar surface area (TPSA) is 79.0 Å². The van der Waals surface area contributed by atoms with Gasteiger partial charge in [0.25, 0.3) is 0 Å². The molecule has 0 bridgehead atoms. The first-order valence-electron chi connectivity index (χ1n) is 8.46. The van der Waals surface area contributed by atoms with Gasteiger partial charge in [-0.05, 0) is 44.2 Å². The lowest BCUT2D eigenvalue weighted by atomic mass is 10.2. The summed E-state index contributed by atoms with van der Waals surface area (Å²) in [4.78, 5) is 11.8. The van der Waals surface area contributed by atoms with E-state index in [1.165, 1.54) is 12.8 Å². The molecule has 124 valence electrons. The van der Waals surface area contributed by atoms with Crippen LogP contribution in [0.15, 0.2) is 18.2 Å². The van der Waals surface area contributed by atoms with E-state index in [2.05, 4.69) is 27.8 Å². The number of benzene rings is 1. The van der Waals surface area contributed by atoms with Crippen LogP contribution in [-0.4, -0.2) is 28.9 Å². The second-order valence-corrected chi connectivity index (χ2v) is 6.04. The SMILES string of the molecule is CCCCNC(=O)Nc1n[nH]c2cc(OC3CCCC3)ccc12. The molecular weight excluding hydrogens is 292 g/mol. The van der Waals surface area contributed by atoms with Gasteiger partial charge in [0.2, 0.25) is 0 Å². The summed E-state index contributed by atoms with van der Waals surface area (Å²) < 4.78 is 5.99. The molecule has 1 aromatic carbocycles. The fraction of sp³-hybridized carbons (Fsp3) is 0.529. The van der Waals surface area contributed by atoms with Crippen molar-refractivity contribution in [3.8, 4) is 5.75 Å². The average Bonchev–Trinajstić information content (AvgIpc) is 3.18. The molecule has 1 aliphatic rings. The van der Waals surface area contributed by atoms with Crippen molar-refractivity contribution < 1.29 is 9.53 Å². The van der Waals surface area contributed by atoms with E-state index in [0.717, 1.165) is 42.3 Å². The predicted molar refractivity (Wildman–Crippen MR) is 90.9 cm³/mol. The number of H-pyrrole nitrogens is 1. The number of carbonyl (C=O) groups excluding carboxylic acids is 1. The van der Waals surface area contributed by atoms with Crippen molar-refractivity contribution >= 4 is 22.8 Å². The highest BCUT2D eigenvalue weighted by molar-refractivity contribution is 5.99. The van der Waals surface area contributed by atoms with Crippen molar-refractivity contribution in [1.82, 2.24) is 15.5 Å². The van der Waals surface area contributed by atoms with Crippen LogP contribution in [0.4, 0.5) is 10.6 Å². The Morgan fingerprint density at radius 3 is 3.00 bits per heavy atom. The fourth-order valence-electron chi connectivity index (χ4n) is 2.90. The third-order valence-electron chi connectivity index (χ3n) is 4.19. The molecule has 2 amide bonds. The molecule has 0 saturated heterocycles. The highest BCUT2D eigenvalue weighted by Gasteiger charge is 2.17. The Bertz CT molecular complexity index is 662. The molecule has 1 aromatic heterocycles. The standard InChI is InChI=1S/C17H24N4O2/c1-2-3-10-18-17(22)19-16-14-9-8-13(11-15(14)20-21-16)23-12-6-4-5-7-12/h8-9,11-12H,2-7,10H2,1H3,(H3,18,19,20,21,22). The smallest absolute Gasteiger partial charge is 0.320 e. The number of hydrogen-bond acceptors (Lipinski definition) is 3. The van der Waals surface area contributed by atoms with Crippen LogP contribution in [0.3, 0.4) is 0 Å². The van der Waals surface area contributed by atoms with E-state index in [4.69, 9.17) is 4.74 Å². The minimum atomic E-state index is -0.224. The van der Waals surface area contributed by atoms with Gasteiger partial charge in [-0.15, -0.1) is 0 Å². The number of nitrogens with one attached hydrogen (secondary N) is 3. The summed E-state index contributed by atoms with van der Waals surface area (Å²) >= 11 is 0. The summed E-state index contributed by atoms with van der Waals surface area (Å²) in [6, 6.07) is 5.60. The summed E-state index contributed by atoms with van der Waals surface area (Å²) in [5.41, 5.74) is 0.865. The molecule has 0 aliphatic heterocycles. The zero-order valence-electron chi connectivity index (χ0n) is 13.5. The maximum Gasteiger partial charge on any atom is 0.320 e. The molecule has 1 saturated carbocycles. The highest BCUT2D eigenvalue weighted by atomic mass is 16.5. The van der Waals surface area contributed by atoms with Crippen LogP contribution in [0.5, 0.6) is 5.75 Å². The minimum absolute atomic E-state index is 0.224. The Kier molecular flexibility index (Phi) is 5.00. The number of ether oxygens (including phenoxy) is 1. The molecule has 2 aromatic rings. The van der Waals surface area contributed by atoms with Crippen molar-refractivity contribution in [2.45, 2.75) is 51.6 Å². The third kappa shape index (κ3) is 3.94. The van der Waals surface area contributed by atoms with Crippen molar-refractivity contribution in [2.75, 3.05) is 11.9 Å². The van der Waals surface area contributed by atoms with Gasteiger partial charge in [0.15, 0.2) is 5.82 Å². The predicted octanol–water partition coefficient (Wildman–Crippen LogP) is 3.81. The minimum Gasteiger partial charge on any atom is -0.490 e. The molecule has 6 nitrogen and oxygen atoms in total. The Balaban J connectivity index is 1.64. The number of aromatic amines is 1. The maximum absolute atomic E-state index is 11.8. The van der Waals surface area contributed by atoms with Crippen LogP contribution in [-0.2, 0) is 0 Å². The lowest BCUT2D eigenvalue weighted by molar-refractivity contribution is 0.210. The van der Waals surface area contributed by atoms with E-state index >= 15 is 0 Å². The van der Waals surface area contributed by atoms with Gasteiger partial charge in [-0.25, -0.2) is 4.79 Å². The number of rotatable bonds is 6. The molecule has 23 heavy (non-hydrogen) atoms. The van der Waals surface area contributed by atoms with E-state index in [9.17, 15) is 4.79 Å². The largest absolute Gasteiger partial charge is 0.490 e. The Hall–Kier alpha value is -2.24. The molecule has 3 rings (SSSR count). The summed E-state index contributed by atoms with van der Waals surface area (Å²) in [6.45, 7) is 2.76. The van der Waals surface area contributed by atoms with Crippen LogP contribution in [0, 0.1) is 0 Å². The van der Waals surface area contributed by atoms with E-state index in [0.29, 0.717) is 18.5 Å². The van der Waals surface area contributed by atoms with Gasteiger partial charge in [-0.1, -0.05) is 13.3 Å². The van der Waals surface area contributed by atoms with Crippen molar-refractivity contribution in [3.05, 3.63) is 18.2 Å². The molecule has 0 atom stereocenters. The molecule has 3 N–H and O–H groups in total. The number of carbonyl (C=O) groups is 1. The lowest BCUT2D eigenvalue weighted by Gasteiger charge is -2.12. The molecular formula is C17H24N4O2. The molecule has 0 unspecified atom stereocenters. The zero-order valence-corrected chi connectivity index (χ0v) is 13.5. The number of amides is 2. The molecule has 0 spiro atoms. The van der Waals surface area contributed by atoms with E-state index in [1.807, 2.05) is 18.2 Å². The molecule has 1 heterocycles. The highest BCUT2D eigenvalue weighted by Crippen LogP contribution is 2.28. The number of unbranched alkanes of at least 4 members (excludes halogenated alkanes) is 1. The van der Waals surface area contributed by atoms with E-state index < -0.39 is 0 Å². The Morgan fingerprint density at radius 1 is 1.39 bits per heavy atom. The lowest BCUT2D eigenvalue weighted by Crippen LogP contribution is -2.29. The van der Waals surface area contributed by atoms with Crippen LogP contribution in [0.25, 0.3) is 10.9 Å². The fourth-order valence-corrected chi connectivity index (χ4v) is 2.90. The Labute approximate surface area is 136 Å². The van der Waals surface area contributed by atoms with Gasteiger partial charge in [0.05, 0.1) is 11.6 Å². The molecule has 6 heteroatoms. The van der Waals surface area contributed by atoms with E-state index in [1.54, 1.807) is 0 Å². The van der Waals surface area contributed by atoms with Crippen molar-refractivity contribution in [2.24, 2.45) is 0 Å². The van der Waals surface area contributed by atoms with Crippen molar-refractivity contribution in [1.29, 1.82) is 0 Å². The second-order valence-electron chi connectivity index (χ2n) is 6.04. The van der Waals surface area contributed by atoms with Gasteiger partial charge in [-0.3, -0.25) is 10.4 Å². The first-order valence-corrected chi connectivity index (χ1v) is 8.46. The average molecular weight is 316 g/mol. The van der Waals surface area contributed by atoms with Crippen LogP contribution >= 0.6 is 0 Å². The Morgan fingerprint density at radius 2 is 2.22 bits per heavy atom. The molecule has 1 aliphatic carbocycles. The summed E-state index contributed by atoms with van der Waals surface area (Å²) in [7, 11) is 0. The van der Waals surface area contributed by atoms with Gasteiger partial charge in [0, 0.05) is 18.0 Å². The number of anilines is 1. The van der Waals surface area contributed by atoms with Gasteiger partial charge < -0.3 is 10.1 Å². The van der Waals surface area contributed by atoms with Crippen molar-refractivity contribution in [3.63, 3.8) is 0 Å². The second kappa shape index (κ2) is 7.35. The first kappa shape index (κ1) is 15.6. The van der Waals surface area contributed by atoms with Gasteiger partial charge in [0.1, 0.15) is 5.75 Å². The zero-order chi connectivity index (χ0) is 16.1. The monoisotopic (exact) mass is 316 g/mol. The number of urea groups is 1. The number of nitrogens with zero attached hydrogens (tertiary/aromatic N) is 1. The van der Waals surface area contributed by atoms with Gasteiger partial charge >= 0.3 is 6.03 Å². The van der Waals surface area contributed by atoms with Crippen LogP contribution < -0.4 is 15.4 Å². The summed E-state index contributed by atoms with van der Waals surface area (Å²) in [6.07, 6.45) is 7.11. The summed E-state index contributed by atoms with van der Waals surface area (Å²) in [5, 5.41) is 13.6. The molecule has 0 radical (unpaired) electrons. The molecule has 1 fully saturated rings. The third-order valence-corrected chi connectivity index (χ3v) is 4.19. The number of aromatic nitrogens is 2. The first-order chi connectivity index (χ1) is 11.3. The summed E-state index contributed by atoms with van der Waals surface area (Å²) in [5.74, 6) is 1.40. The maximum atomic E-state index is 11.8. The normalized spacial score (nSPS) is 15.0. The van der Waals surface area contributed by atoms with Crippen LogP contribution in [0.2, 0.25) is 0 Å². The number of fused-ring (bicyclic) bond motifs is 1. The van der Waals surface area contributed by atoms with E-state index in [-0.39, 0.29) is 6.03 Å². The van der Waals surface area contributed by atoms with Gasteiger partial charge in [-0.2, -0.15) is 5.10 Å². The number of hydrogen-bond donors (Lipinski definition) is 3.